The van der Waals surface area contributed by atoms with Crippen molar-refractivity contribution in [1.29, 1.82) is 0 Å². The Morgan fingerprint density at radius 2 is 1.62 bits per heavy atom. The van der Waals surface area contributed by atoms with E-state index in [-0.39, 0.29) is 44.0 Å². The van der Waals surface area contributed by atoms with Crippen LogP contribution in [0.1, 0.15) is 42.0 Å². The molecule has 1 aliphatic carbocycles. The molecule has 0 N–H and O–H groups in total. The van der Waals surface area contributed by atoms with Gasteiger partial charge in [-0.15, -0.1) is 0 Å². The molecule has 0 nitrogen and oxygen atoms in total. The molecule has 1 aromatic rings. The Morgan fingerprint density at radius 1 is 1.06 bits per heavy atom. The summed E-state index contributed by atoms with van der Waals surface area (Å²) in [5, 5.41) is 0. The van der Waals surface area contributed by atoms with Crippen LogP contribution in [0.25, 0.3) is 0 Å². The van der Waals surface area contributed by atoms with Crippen LogP contribution in [0.4, 0.5) is 0 Å². The largest absolute Gasteiger partial charge is 4.00 e. The Balaban J connectivity index is -0.000000422. The molecule has 0 bridgehead atoms. The van der Waals surface area contributed by atoms with Crippen LogP contribution in [0.5, 0.6) is 0 Å². The normalized spacial score (nSPS) is 12.1. The molecule has 0 unspecified atom stereocenters. The van der Waals surface area contributed by atoms with Crippen LogP contribution in [-0.4, -0.2) is 0 Å². The van der Waals surface area contributed by atoms with Gasteiger partial charge >= 0.3 is 21.7 Å². The molecule has 2 rings (SSSR count). The second-order valence-corrected chi connectivity index (χ2v) is 3.87. The molecule has 0 aliphatic heterocycles. The zero-order valence-corrected chi connectivity index (χ0v) is 13.2. The van der Waals surface area contributed by atoms with Crippen LogP contribution in [0.2, 0.25) is 0 Å². The molecule has 1 heteroatoms. The predicted molar refractivity (Wildman–Crippen MR) is 72.0 cm³/mol. The van der Waals surface area contributed by atoms with Crippen molar-refractivity contribution in [3.63, 3.8) is 0 Å². The van der Waals surface area contributed by atoms with E-state index in [2.05, 4.69) is 19.9 Å². The number of hydrogen-bond donors (Lipinski definition) is 0. The van der Waals surface area contributed by atoms with Crippen LogP contribution >= 0.6 is 0 Å². The second-order valence-electron chi connectivity index (χ2n) is 3.87. The molecule has 1 aliphatic rings. The molecule has 90 valence electrons. The first-order valence-corrected chi connectivity index (χ1v) is 5.10. The molecule has 0 heterocycles. The van der Waals surface area contributed by atoms with Gasteiger partial charge in [0.1, 0.15) is 0 Å². The third-order valence-electron chi connectivity index (χ3n) is 3.10. The average Bonchev–Trinajstić information content (AvgIpc) is 2.40. The monoisotopic (exact) mass is 254 g/mol. The van der Waals surface area contributed by atoms with Crippen molar-refractivity contribution in [2.24, 2.45) is 0 Å². The smallest absolute Gasteiger partial charge is 0.358 e. The molecule has 0 saturated carbocycles. The zero-order chi connectivity index (χ0) is 8.55. The molecule has 0 aromatic heterocycles. The molecule has 0 saturated heterocycles. The second kappa shape index (κ2) is 9.13. The minimum Gasteiger partial charge on any atom is -0.358 e. The fourth-order valence-corrected chi connectivity index (χ4v) is 2.51. The fourth-order valence-electron chi connectivity index (χ4n) is 2.51. The van der Waals surface area contributed by atoms with Gasteiger partial charge in [0.2, 0.25) is 0 Å². The van der Waals surface area contributed by atoms with Crippen molar-refractivity contribution in [3.8, 4) is 0 Å². The summed E-state index contributed by atoms with van der Waals surface area (Å²) in [6, 6.07) is 2.41. The summed E-state index contributed by atoms with van der Waals surface area (Å²) in [4.78, 5) is 0. The Morgan fingerprint density at radius 3 is 2.19 bits per heavy atom. The van der Waals surface area contributed by atoms with E-state index in [1.54, 1.807) is 16.7 Å². The average molecular weight is 254 g/mol. The van der Waals surface area contributed by atoms with Gasteiger partial charge in [0.25, 0.3) is 0 Å². The first-order chi connectivity index (χ1) is 5.83. The number of rotatable bonds is 1. The van der Waals surface area contributed by atoms with E-state index in [1.165, 1.54) is 37.7 Å². The van der Waals surface area contributed by atoms with Crippen molar-refractivity contribution in [2.45, 2.75) is 46.0 Å². The van der Waals surface area contributed by atoms with E-state index in [0.717, 1.165) is 0 Å². The van der Waals surface area contributed by atoms with E-state index in [4.69, 9.17) is 0 Å². The first-order valence-electron chi connectivity index (χ1n) is 5.10. The molecule has 1 aromatic carbocycles. The Kier molecular flexibility index (Phi) is 12.2. The Bertz CT molecular complexity index is 284. The van der Waals surface area contributed by atoms with Gasteiger partial charge in [0.15, 0.2) is 0 Å². The van der Waals surface area contributed by atoms with Gasteiger partial charge in [0, 0.05) is 0 Å². The quantitative estimate of drug-likeness (QED) is 0.511. The number of hydrogen-bond acceptors (Lipinski definition) is 0. The van der Waals surface area contributed by atoms with Crippen molar-refractivity contribution in [2.75, 3.05) is 0 Å². The van der Waals surface area contributed by atoms with Crippen molar-refractivity contribution < 1.29 is 21.7 Å². The van der Waals surface area contributed by atoms with E-state index in [0.29, 0.717) is 0 Å². The van der Waals surface area contributed by atoms with E-state index in [9.17, 15) is 0 Å². The van der Waals surface area contributed by atoms with E-state index >= 15 is 0 Å². The zero-order valence-electron chi connectivity index (χ0n) is 11.6. The topological polar surface area (TPSA) is 0 Å². The van der Waals surface area contributed by atoms with Crippen LogP contribution in [0.3, 0.4) is 0 Å². The predicted octanol–water partition coefficient (Wildman–Crippen LogP) is 4.50. The molecule has 0 atom stereocenters. The minimum atomic E-state index is 0. The van der Waals surface area contributed by atoms with Gasteiger partial charge in [-0.25, -0.2) is 0 Å². The third kappa shape index (κ3) is 3.82. The van der Waals surface area contributed by atoms with Crippen molar-refractivity contribution >= 4 is 0 Å². The third-order valence-corrected chi connectivity index (χ3v) is 3.10. The van der Waals surface area contributed by atoms with Gasteiger partial charge in [-0.1, -0.05) is 46.0 Å². The Hall–Kier alpha value is 0.0643. The number of aryl methyl sites for hydroxylation is 2. The summed E-state index contributed by atoms with van der Waals surface area (Å²) in [6.07, 6.45) is 6.70. The van der Waals surface area contributed by atoms with Crippen LogP contribution in [-0.2, 0) is 41.0 Å². The molecule has 0 spiro atoms. The van der Waals surface area contributed by atoms with Gasteiger partial charge in [-0.3, -0.25) is 0 Å². The van der Waals surface area contributed by atoms with Crippen LogP contribution < -0.4 is 0 Å². The maximum absolute atomic E-state index is 2.41. The maximum atomic E-state index is 2.41. The maximum Gasteiger partial charge on any atom is 4.00 e. The Labute approximate surface area is 118 Å². The first kappa shape index (κ1) is 21.4. The summed E-state index contributed by atoms with van der Waals surface area (Å²) in [7, 11) is 0. The number of fused-ring (bicyclic) bond motifs is 1. The SMILES string of the molecule is CCc1c(C)[cH-]c2c1CCCC2.[CH3-].[CH3-].[CH3-].[Ti+4]. The summed E-state index contributed by atoms with van der Waals surface area (Å²) < 4.78 is 0. The molecule has 16 heavy (non-hydrogen) atoms. The van der Waals surface area contributed by atoms with Gasteiger partial charge < -0.3 is 22.3 Å². The summed E-state index contributed by atoms with van der Waals surface area (Å²) >= 11 is 0. The summed E-state index contributed by atoms with van der Waals surface area (Å²) in [5.41, 5.74) is 6.52. The summed E-state index contributed by atoms with van der Waals surface area (Å²) in [5.74, 6) is 0. The van der Waals surface area contributed by atoms with E-state index < -0.39 is 0 Å². The van der Waals surface area contributed by atoms with Gasteiger partial charge in [-0.2, -0.15) is 28.3 Å². The molecular weight excluding hydrogens is 228 g/mol. The molecule has 0 amide bonds. The van der Waals surface area contributed by atoms with E-state index in [1.807, 2.05) is 0 Å². The molecular formula is C15H26Ti. The van der Waals surface area contributed by atoms with Crippen LogP contribution in [0, 0.1) is 29.2 Å². The molecule has 0 fully saturated rings. The fraction of sp³-hybridized carbons (Fsp3) is 0.467. The molecule has 0 radical (unpaired) electrons. The van der Waals surface area contributed by atoms with Crippen molar-refractivity contribution in [1.82, 2.24) is 0 Å². The van der Waals surface area contributed by atoms with Crippen molar-refractivity contribution in [3.05, 3.63) is 50.6 Å². The van der Waals surface area contributed by atoms with Crippen LogP contribution in [0.15, 0.2) is 6.07 Å². The van der Waals surface area contributed by atoms with Gasteiger partial charge in [0.05, 0.1) is 0 Å². The summed E-state index contributed by atoms with van der Waals surface area (Å²) in [6.45, 7) is 4.54. The minimum absolute atomic E-state index is 0. The van der Waals surface area contributed by atoms with Gasteiger partial charge in [-0.05, 0) is 0 Å². The standard InChI is InChI=1S/C12H17.3CH3.Ti/c1-3-11-9(2)8-10-6-4-5-7-12(10)11;;;;/h8H,3-7H2,1-2H3;3*1H3;/q4*-1;+4.